The maximum Gasteiger partial charge on any atom is 0.257 e. The van der Waals surface area contributed by atoms with Crippen molar-refractivity contribution in [1.82, 2.24) is 20.8 Å². The van der Waals surface area contributed by atoms with Gasteiger partial charge < -0.3 is 19.9 Å². The zero-order valence-corrected chi connectivity index (χ0v) is 13.7. The second kappa shape index (κ2) is 8.03. The van der Waals surface area contributed by atoms with Crippen molar-refractivity contribution in [3.63, 3.8) is 0 Å². The Balaban J connectivity index is 1.48. The first-order valence-electron chi connectivity index (χ1n) is 8.27. The first-order valence-corrected chi connectivity index (χ1v) is 8.27. The van der Waals surface area contributed by atoms with Gasteiger partial charge in [0, 0.05) is 25.1 Å². The number of aromatic nitrogens is 2. The summed E-state index contributed by atoms with van der Waals surface area (Å²) in [5, 5.41) is 9.97. The molecule has 0 saturated carbocycles. The van der Waals surface area contributed by atoms with Crippen molar-refractivity contribution in [2.24, 2.45) is 0 Å². The average Bonchev–Trinajstić information content (AvgIpc) is 3.12. The van der Waals surface area contributed by atoms with Crippen LogP contribution in [0.2, 0.25) is 0 Å². The molecule has 1 aromatic heterocycles. The van der Waals surface area contributed by atoms with Gasteiger partial charge in [0.05, 0.1) is 13.2 Å². The molecule has 0 spiro atoms. The molecule has 2 heterocycles. The molecule has 2 aromatic rings. The van der Waals surface area contributed by atoms with E-state index in [-0.39, 0.29) is 11.9 Å². The highest BCUT2D eigenvalue weighted by Crippen LogP contribution is 2.18. The Morgan fingerprint density at radius 3 is 2.88 bits per heavy atom. The third-order valence-electron chi connectivity index (χ3n) is 3.94. The second-order valence-electron chi connectivity index (χ2n) is 5.69. The van der Waals surface area contributed by atoms with Crippen LogP contribution in [0.15, 0.2) is 28.8 Å². The van der Waals surface area contributed by atoms with Crippen LogP contribution in [-0.2, 0) is 22.4 Å². The van der Waals surface area contributed by atoms with E-state index in [4.69, 9.17) is 9.26 Å². The van der Waals surface area contributed by atoms with Gasteiger partial charge in [-0.2, -0.15) is 4.98 Å². The number of ether oxygens (including phenoxy) is 1. The van der Waals surface area contributed by atoms with Gasteiger partial charge in [-0.05, 0) is 24.1 Å². The van der Waals surface area contributed by atoms with E-state index >= 15 is 0 Å². The Kier molecular flexibility index (Phi) is 5.55. The number of nitrogens with zero attached hydrogens (tertiary/aromatic N) is 2. The Hall–Kier alpha value is -2.25. The molecule has 1 saturated heterocycles. The molecular weight excluding hydrogens is 308 g/mol. The lowest BCUT2D eigenvalue weighted by molar-refractivity contribution is -0.125. The maximum atomic E-state index is 12.0. The third-order valence-corrected chi connectivity index (χ3v) is 3.94. The average molecular weight is 330 g/mol. The third kappa shape index (κ3) is 4.18. The van der Waals surface area contributed by atoms with Gasteiger partial charge in [0.1, 0.15) is 6.04 Å². The summed E-state index contributed by atoms with van der Waals surface area (Å²) in [5.41, 5.74) is 2.04. The fourth-order valence-corrected chi connectivity index (χ4v) is 2.52. The van der Waals surface area contributed by atoms with Crippen molar-refractivity contribution in [3.05, 3.63) is 35.7 Å². The minimum Gasteiger partial charge on any atom is -0.378 e. The molecule has 1 amide bonds. The molecule has 0 radical (unpaired) electrons. The monoisotopic (exact) mass is 330 g/mol. The minimum absolute atomic E-state index is 0.00993. The van der Waals surface area contributed by atoms with Crippen LogP contribution in [0.25, 0.3) is 11.5 Å². The molecule has 0 aliphatic carbocycles. The number of hydrogen-bond donors (Lipinski definition) is 2. The first-order chi connectivity index (χ1) is 11.8. The lowest BCUT2D eigenvalue weighted by Crippen LogP contribution is -2.51. The van der Waals surface area contributed by atoms with E-state index in [9.17, 15) is 4.79 Å². The van der Waals surface area contributed by atoms with Crippen molar-refractivity contribution in [1.29, 1.82) is 0 Å². The summed E-state index contributed by atoms with van der Waals surface area (Å²) in [6.45, 7) is 4.40. The molecule has 3 rings (SSSR count). The molecule has 24 heavy (non-hydrogen) atoms. The topological polar surface area (TPSA) is 89.3 Å². The predicted molar refractivity (Wildman–Crippen MR) is 88.4 cm³/mol. The maximum absolute atomic E-state index is 12.0. The highest BCUT2D eigenvalue weighted by molar-refractivity contribution is 5.81. The zero-order chi connectivity index (χ0) is 16.8. The zero-order valence-electron chi connectivity index (χ0n) is 13.7. The molecule has 1 aliphatic heterocycles. The molecule has 7 nitrogen and oxygen atoms in total. The number of morpholine rings is 1. The number of hydrogen-bond acceptors (Lipinski definition) is 6. The van der Waals surface area contributed by atoms with Crippen molar-refractivity contribution < 1.29 is 14.1 Å². The summed E-state index contributed by atoms with van der Waals surface area (Å²) < 4.78 is 10.5. The number of carbonyl (C=O) groups excluding carboxylic acids is 1. The van der Waals surface area contributed by atoms with E-state index in [1.54, 1.807) is 0 Å². The van der Waals surface area contributed by atoms with E-state index in [1.807, 2.05) is 31.2 Å². The van der Waals surface area contributed by atoms with E-state index in [2.05, 4.69) is 20.8 Å². The molecule has 0 bridgehead atoms. The molecule has 1 fully saturated rings. The Labute approximate surface area is 140 Å². The fraction of sp³-hybridized carbons (Fsp3) is 0.471. The lowest BCUT2D eigenvalue weighted by Gasteiger charge is -2.22. The van der Waals surface area contributed by atoms with Crippen molar-refractivity contribution in [2.75, 3.05) is 26.3 Å². The highest BCUT2D eigenvalue weighted by Gasteiger charge is 2.20. The number of rotatable bonds is 6. The van der Waals surface area contributed by atoms with Gasteiger partial charge in [-0.3, -0.25) is 4.79 Å². The molecule has 1 aliphatic rings. The predicted octanol–water partition coefficient (Wildman–Crippen LogP) is 0.946. The molecule has 7 heteroatoms. The van der Waals surface area contributed by atoms with Crippen molar-refractivity contribution >= 4 is 5.91 Å². The second-order valence-corrected chi connectivity index (χ2v) is 5.69. The number of amides is 1. The number of benzene rings is 1. The largest absolute Gasteiger partial charge is 0.378 e. The summed E-state index contributed by atoms with van der Waals surface area (Å²) >= 11 is 0. The first kappa shape index (κ1) is 16.6. The van der Waals surface area contributed by atoms with Gasteiger partial charge in [-0.1, -0.05) is 24.2 Å². The Bertz CT molecular complexity index is 663. The number of nitrogens with one attached hydrogen (secondary N) is 2. The van der Waals surface area contributed by atoms with Crippen LogP contribution in [0.4, 0.5) is 0 Å². The van der Waals surface area contributed by atoms with E-state index in [0.717, 1.165) is 30.5 Å². The molecule has 1 unspecified atom stereocenters. The summed E-state index contributed by atoms with van der Waals surface area (Å²) in [6, 6.07) is 7.70. The van der Waals surface area contributed by atoms with Crippen LogP contribution in [0.3, 0.4) is 0 Å². The summed E-state index contributed by atoms with van der Waals surface area (Å²) in [4.78, 5) is 16.3. The van der Waals surface area contributed by atoms with E-state index in [1.165, 1.54) is 0 Å². The van der Waals surface area contributed by atoms with E-state index < -0.39 is 0 Å². The molecule has 1 aromatic carbocycles. The van der Waals surface area contributed by atoms with Crippen LogP contribution in [0.1, 0.15) is 18.3 Å². The van der Waals surface area contributed by atoms with Crippen LogP contribution in [-0.4, -0.2) is 48.4 Å². The SMILES string of the molecule is CCc1noc(-c2ccc(CCNC(=O)C3COCCN3)cc2)n1. The number of carbonyl (C=O) groups is 1. The normalized spacial score (nSPS) is 17.6. The Morgan fingerprint density at radius 2 is 2.21 bits per heavy atom. The summed E-state index contributed by atoms with van der Waals surface area (Å²) in [7, 11) is 0. The summed E-state index contributed by atoms with van der Waals surface area (Å²) in [6.07, 6.45) is 1.52. The molecule has 1 atom stereocenters. The smallest absolute Gasteiger partial charge is 0.257 e. The van der Waals surface area contributed by atoms with Gasteiger partial charge in [0.25, 0.3) is 5.89 Å². The lowest BCUT2D eigenvalue weighted by atomic mass is 10.1. The van der Waals surface area contributed by atoms with Gasteiger partial charge in [-0.25, -0.2) is 0 Å². The quantitative estimate of drug-likeness (QED) is 0.820. The van der Waals surface area contributed by atoms with Gasteiger partial charge in [0.15, 0.2) is 5.82 Å². The van der Waals surface area contributed by atoms with Crippen molar-refractivity contribution in [2.45, 2.75) is 25.8 Å². The van der Waals surface area contributed by atoms with Crippen LogP contribution >= 0.6 is 0 Å². The van der Waals surface area contributed by atoms with Crippen LogP contribution in [0.5, 0.6) is 0 Å². The van der Waals surface area contributed by atoms with Crippen LogP contribution < -0.4 is 10.6 Å². The number of aryl methyl sites for hydroxylation is 1. The van der Waals surface area contributed by atoms with Gasteiger partial charge in [0.2, 0.25) is 5.91 Å². The van der Waals surface area contributed by atoms with Gasteiger partial charge in [-0.15, -0.1) is 0 Å². The van der Waals surface area contributed by atoms with Crippen molar-refractivity contribution in [3.8, 4) is 11.5 Å². The fourth-order valence-electron chi connectivity index (χ4n) is 2.52. The Morgan fingerprint density at radius 1 is 1.38 bits per heavy atom. The molecular formula is C17H22N4O3. The molecule has 2 N–H and O–H groups in total. The van der Waals surface area contributed by atoms with Gasteiger partial charge >= 0.3 is 0 Å². The molecule has 128 valence electrons. The van der Waals surface area contributed by atoms with Crippen LogP contribution in [0, 0.1) is 0 Å². The highest BCUT2D eigenvalue weighted by atomic mass is 16.5. The standard InChI is InChI=1S/C17H22N4O3/c1-2-15-20-17(24-21-15)13-5-3-12(4-6-13)7-8-19-16(22)14-11-23-10-9-18-14/h3-6,14,18H,2,7-11H2,1H3,(H,19,22). The minimum atomic E-state index is -0.244. The summed E-state index contributed by atoms with van der Waals surface area (Å²) in [5.74, 6) is 1.23. The van der Waals surface area contributed by atoms with E-state index in [0.29, 0.717) is 31.5 Å².